The second-order valence-corrected chi connectivity index (χ2v) is 7.16. The zero-order valence-corrected chi connectivity index (χ0v) is 14.6. The van der Waals surface area contributed by atoms with Gasteiger partial charge in [-0.2, -0.15) is 5.10 Å². The van der Waals surface area contributed by atoms with E-state index in [4.69, 9.17) is 23.2 Å². The molecule has 0 saturated heterocycles. The fourth-order valence-electron chi connectivity index (χ4n) is 2.21. The minimum Gasteiger partial charge on any atom is -0.252 e. The minimum absolute atomic E-state index is 0.268. The van der Waals surface area contributed by atoms with E-state index in [1.54, 1.807) is 12.7 Å². The SMILES string of the molecule is Clc1ccc(CSC(Cn2cncn2)c2ccc(Cl)cc2)cc1. The van der Waals surface area contributed by atoms with E-state index in [1.165, 1.54) is 11.1 Å². The molecule has 1 atom stereocenters. The zero-order chi connectivity index (χ0) is 16.1. The van der Waals surface area contributed by atoms with Crippen LogP contribution in [0.3, 0.4) is 0 Å². The number of rotatable bonds is 6. The van der Waals surface area contributed by atoms with Crippen LogP contribution in [-0.2, 0) is 12.3 Å². The first kappa shape index (κ1) is 16.4. The lowest BCUT2D eigenvalue weighted by molar-refractivity contribution is 0.604. The fourth-order valence-corrected chi connectivity index (χ4v) is 3.65. The number of nitrogens with zero attached hydrogens (tertiary/aromatic N) is 3. The highest BCUT2D eigenvalue weighted by molar-refractivity contribution is 7.98. The summed E-state index contributed by atoms with van der Waals surface area (Å²) in [6.07, 6.45) is 3.30. The van der Waals surface area contributed by atoms with Gasteiger partial charge in [-0.15, -0.1) is 11.8 Å². The predicted molar refractivity (Wildman–Crippen MR) is 97.0 cm³/mol. The molecule has 0 spiro atoms. The topological polar surface area (TPSA) is 30.7 Å². The molecule has 2 aromatic carbocycles. The number of aromatic nitrogens is 3. The standard InChI is InChI=1S/C17H15Cl2N3S/c18-15-5-1-13(2-6-15)10-23-17(9-22-12-20-11-21-22)14-3-7-16(19)8-4-14/h1-8,11-12,17H,9-10H2. The van der Waals surface area contributed by atoms with Gasteiger partial charge in [0.2, 0.25) is 0 Å². The Hall–Kier alpha value is -1.49. The van der Waals surface area contributed by atoms with Crippen molar-refractivity contribution in [3.8, 4) is 0 Å². The van der Waals surface area contributed by atoms with E-state index >= 15 is 0 Å². The predicted octanol–water partition coefficient (Wildman–Crippen LogP) is 5.26. The van der Waals surface area contributed by atoms with Gasteiger partial charge in [-0.3, -0.25) is 4.68 Å². The maximum atomic E-state index is 6.00. The molecule has 0 radical (unpaired) electrons. The Morgan fingerprint density at radius 2 is 1.61 bits per heavy atom. The van der Waals surface area contributed by atoms with Crippen molar-refractivity contribution < 1.29 is 0 Å². The number of hydrogen-bond donors (Lipinski definition) is 0. The lowest BCUT2D eigenvalue weighted by Gasteiger charge is -2.17. The highest BCUT2D eigenvalue weighted by Gasteiger charge is 2.14. The molecule has 0 amide bonds. The van der Waals surface area contributed by atoms with E-state index in [9.17, 15) is 0 Å². The Morgan fingerprint density at radius 3 is 2.22 bits per heavy atom. The lowest BCUT2D eigenvalue weighted by Crippen LogP contribution is -2.07. The van der Waals surface area contributed by atoms with Crippen molar-refractivity contribution in [2.45, 2.75) is 17.5 Å². The molecule has 0 saturated carbocycles. The van der Waals surface area contributed by atoms with E-state index in [-0.39, 0.29) is 5.25 Å². The van der Waals surface area contributed by atoms with Crippen LogP contribution in [0.5, 0.6) is 0 Å². The average molecular weight is 364 g/mol. The van der Waals surface area contributed by atoms with Crippen molar-refractivity contribution in [3.05, 3.63) is 82.4 Å². The third kappa shape index (κ3) is 4.74. The smallest absolute Gasteiger partial charge is 0.137 e. The third-order valence-corrected chi connectivity index (χ3v) is 5.25. The Bertz CT molecular complexity index is 728. The van der Waals surface area contributed by atoms with Crippen LogP contribution in [0.25, 0.3) is 0 Å². The maximum Gasteiger partial charge on any atom is 0.137 e. The number of hydrogen-bond acceptors (Lipinski definition) is 3. The zero-order valence-electron chi connectivity index (χ0n) is 12.3. The Balaban J connectivity index is 1.74. The monoisotopic (exact) mass is 363 g/mol. The second-order valence-electron chi connectivity index (χ2n) is 5.10. The third-order valence-electron chi connectivity index (χ3n) is 3.43. The molecule has 1 heterocycles. The van der Waals surface area contributed by atoms with Crippen LogP contribution < -0.4 is 0 Å². The Kier molecular flexibility index (Phi) is 5.60. The average Bonchev–Trinajstić information content (AvgIpc) is 3.07. The van der Waals surface area contributed by atoms with E-state index < -0.39 is 0 Å². The van der Waals surface area contributed by atoms with Crippen LogP contribution in [0.2, 0.25) is 10.0 Å². The number of benzene rings is 2. The van der Waals surface area contributed by atoms with Crippen LogP contribution in [0, 0.1) is 0 Å². The molecule has 0 bridgehead atoms. The van der Waals surface area contributed by atoms with Gasteiger partial charge in [0.25, 0.3) is 0 Å². The summed E-state index contributed by atoms with van der Waals surface area (Å²) in [4.78, 5) is 4.02. The molecule has 6 heteroatoms. The van der Waals surface area contributed by atoms with Crippen molar-refractivity contribution in [3.63, 3.8) is 0 Å². The van der Waals surface area contributed by atoms with Crippen molar-refractivity contribution in [1.82, 2.24) is 14.8 Å². The second kappa shape index (κ2) is 7.86. The first-order chi connectivity index (χ1) is 11.2. The molecule has 0 aliphatic heterocycles. The molecule has 3 aromatic rings. The van der Waals surface area contributed by atoms with Crippen molar-refractivity contribution >= 4 is 35.0 Å². The van der Waals surface area contributed by atoms with Crippen LogP contribution in [0.4, 0.5) is 0 Å². The highest BCUT2D eigenvalue weighted by atomic mass is 35.5. The van der Waals surface area contributed by atoms with Gasteiger partial charge in [0.05, 0.1) is 6.54 Å². The molecule has 1 unspecified atom stereocenters. The van der Waals surface area contributed by atoms with Gasteiger partial charge >= 0.3 is 0 Å². The van der Waals surface area contributed by atoms with E-state index in [1.807, 2.05) is 40.7 Å². The Labute approximate surface area is 149 Å². The molecule has 23 heavy (non-hydrogen) atoms. The van der Waals surface area contributed by atoms with E-state index in [0.29, 0.717) is 0 Å². The van der Waals surface area contributed by atoms with Gasteiger partial charge in [-0.25, -0.2) is 4.98 Å². The largest absolute Gasteiger partial charge is 0.252 e. The van der Waals surface area contributed by atoms with Gasteiger partial charge in [0, 0.05) is 21.0 Å². The van der Waals surface area contributed by atoms with Crippen molar-refractivity contribution in [2.75, 3.05) is 0 Å². The van der Waals surface area contributed by atoms with Crippen LogP contribution in [0.15, 0.2) is 61.2 Å². The molecule has 0 N–H and O–H groups in total. The summed E-state index contributed by atoms with van der Waals surface area (Å²) in [6, 6.07) is 15.9. The van der Waals surface area contributed by atoms with Gasteiger partial charge < -0.3 is 0 Å². The highest BCUT2D eigenvalue weighted by Crippen LogP contribution is 2.33. The van der Waals surface area contributed by atoms with Gasteiger partial charge in [-0.05, 0) is 35.4 Å². The number of halogens is 2. The van der Waals surface area contributed by atoms with E-state index in [0.717, 1.165) is 22.3 Å². The fraction of sp³-hybridized carbons (Fsp3) is 0.176. The molecule has 0 aliphatic carbocycles. The summed E-state index contributed by atoms with van der Waals surface area (Å²) in [5, 5.41) is 5.99. The summed E-state index contributed by atoms with van der Waals surface area (Å²) in [6.45, 7) is 0.764. The van der Waals surface area contributed by atoms with E-state index in [2.05, 4.69) is 34.3 Å². The van der Waals surface area contributed by atoms with Gasteiger partial charge in [0.1, 0.15) is 12.7 Å². The molecular formula is C17H15Cl2N3S. The van der Waals surface area contributed by atoms with Gasteiger partial charge in [0.15, 0.2) is 0 Å². The lowest BCUT2D eigenvalue weighted by atomic mass is 10.1. The van der Waals surface area contributed by atoms with Crippen LogP contribution in [0.1, 0.15) is 16.4 Å². The summed E-state index contributed by atoms with van der Waals surface area (Å²) in [5.41, 5.74) is 2.47. The molecule has 0 aliphatic rings. The van der Waals surface area contributed by atoms with Crippen molar-refractivity contribution in [2.24, 2.45) is 0 Å². The first-order valence-corrected chi connectivity index (χ1v) is 8.95. The van der Waals surface area contributed by atoms with Crippen molar-refractivity contribution in [1.29, 1.82) is 0 Å². The summed E-state index contributed by atoms with van der Waals surface area (Å²) in [7, 11) is 0. The van der Waals surface area contributed by atoms with Gasteiger partial charge in [-0.1, -0.05) is 47.5 Å². The first-order valence-electron chi connectivity index (χ1n) is 7.14. The summed E-state index contributed by atoms with van der Waals surface area (Å²) < 4.78 is 1.86. The molecule has 1 aromatic heterocycles. The molecule has 3 nitrogen and oxygen atoms in total. The van der Waals surface area contributed by atoms with Crippen LogP contribution in [-0.4, -0.2) is 14.8 Å². The molecular weight excluding hydrogens is 349 g/mol. The summed E-state index contributed by atoms with van der Waals surface area (Å²) in [5.74, 6) is 0.902. The maximum absolute atomic E-state index is 6.00. The van der Waals surface area contributed by atoms with Crippen LogP contribution >= 0.6 is 35.0 Å². The quantitative estimate of drug-likeness (QED) is 0.598. The normalized spacial score (nSPS) is 12.3. The number of thioether (sulfide) groups is 1. The minimum atomic E-state index is 0.268. The molecule has 0 fully saturated rings. The Morgan fingerprint density at radius 1 is 0.957 bits per heavy atom. The molecule has 3 rings (SSSR count). The molecule has 118 valence electrons. The summed E-state index contributed by atoms with van der Waals surface area (Å²) >= 11 is 13.8.